The number of hydrogen-bond acceptors (Lipinski definition) is 4. The van der Waals surface area contributed by atoms with Crippen LogP contribution in [0.2, 0.25) is 5.02 Å². The first-order chi connectivity index (χ1) is 12.8. The van der Waals surface area contributed by atoms with Crippen LogP contribution in [0.5, 0.6) is 0 Å². The molecule has 1 fully saturated rings. The second-order valence-corrected chi connectivity index (χ2v) is 8.53. The van der Waals surface area contributed by atoms with E-state index in [1.807, 2.05) is 6.92 Å². The second-order valence-electron chi connectivity index (χ2n) is 6.41. The Morgan fingerprint density at radius 3 is 2.44 bits per heavy atom. The molecule has 2 atom stereocenters. The van der Waals surface area contributed by atoms with Gasteiger partial charge in [0.1, 0.15) is 0 Å². The minimum Gasteiger partial charge on any atom is -0.280 e. The molecule has 142 valence electrons. The number of carbonyl (C=O) groups excluding carboxylic acids is 2. The highest BCUT2D eigenvalue weighted by molar-refractivity contribution is 7.92. The molecule has 7 nitrogen and oxygen atoms in total. The molecule has 0 aliphatic heterocycles. The molecule has 0 aromatic heterocycles. The van der Waals surface area contributed by atoms with Crippen LogP contribution >= 0.6 is 11.6 Å². The fourth-order valence-corrected chi connectivity index (χ4v) is 3.83. The molecular formula is C18H18ClN3O4S. The predicted molar refractivity (Wildman–Crippen MR) is 102 cm³/mol. The molecule has 0 unspecified atom stereocenters. The molecule has 2 aromatic rings. The summed E-state index contributed by atoms with van der Waals surface area (Å²) in [5.41, 5.74) is 5.08. The second kappa shape index (κ2) is 7.58. The van der Waals surface area contributed by atoms with Crippen LogP contribution < -0.4 is 15.6 Å². The predicted octanol–water partition coefficient (Wildman–Crippen LogP) is 2.56. The molecule has 1 aliphatic carbocycles. The van der Waals surface area contributed by atoms with Crippen LogP contribution in [0, 0.1) is 11.8 Å². The van der Waals surface area contributed by atoms with Crippen molar-refractivity contribution >= 4 is 39.1 Å². The van der Waals surface area contributed by atoms with Crippen molar-refractivity contribution in [3.8, 4) is 0 Å². The van der Waals surface area contributed by atoms with Crippen LogP contribution in [0.15, 0.2) is 53.4 Å². The Kier molecular flexibility index (Phi) is 5.38. The van der Waals surface area contributed by atoms with Gasteiger partial charge in [0.15, 0.2) is 0 Å². The maximum atomic E-state index is 12.5. The summed E-state index contributed by atoms with van der Waals surface area (Å²) in [5, 5.41) is 0.393. The molecule has 0 saturated heterocycles. The van der Waals surface area contributed by atoms with Crippen LogP contribution in [0.4, 0.5) is 5.69 Å². The van der Waals surface area contributed by atoms with Crippen molar-refractivity contribution < 1.29 is 18.0 Å². The quantitative estimate of drug-likeness (QED) is 0.662. The average molecular weight is 408 g/mol. The summed E-state index contributed by atoms with van der Waals surface area (Å²) >= 11 is 5.86. The third-order valence-corrected chi connectivity index (χ3v) is 5.84. The van der Waals surface area contributed by atoms with Gasteiger partial charge in [0.05, 0.1) is 10.6 Å². The van der Waals surface area contributed by atoms with E-state index >= 15 is 0 Å². The maximum absolute atomic E-state index is 12.5. The van der Waals surface area contributed by atoms with Gasteiger partial charge in [0, 0.05) is 16.5 Å². The molecule has 0 heterocycles. The standard InChI is InChI=1S/C18H18ClN3O4S/c1-11-8-16(11)18(24)21-20-17(23)12-4-2-7-15(9-12)27(25,26)22-14-6-3-5-13(19)10-14/h2-7,9-11,16,22H,8H2,1H3,(H,20,23)(H,21,24)/t11-,16+/m1/s1. The van der Waals surface area contributed by atoms with Gasteiger partial charge in [-0.15, -0.1) is 0 Å². The van der Waals surface area contributed by atoms with Gasteiger partial charge < -0.3 is 0 Å². The largest absolute Gasteiger partial charge is 0.280 e. The van der Waals surface area contributed by atoms with E-state index in [4.69, 9.17) is 11.6 Å². The van der Waals surface area contributed by atoms with E-state index in [1.54, 1.807) is 18.2 Å². The molecule has 2 aromatic carbocycles. The fourth-order valence-electron chi connectivity index (χ4n) is 2.54. The number of amides is 2. The van der Waals surface area contributed by atoms with Crippen LogP contribution in [0.1, 0.15) is 23.7 Å². The Labute approximate surface area is 162 Å². The maximum Gasteiger partial charge on any atom is 0.269 e. The van der Waals surface area contributed by atoms with Crippen molar-refractivity contribution in [2.45, 2.75) is 18.2 Å². The number of benzene rings is 2. The summed E-state index contributed by atoms with van der Waals surface area (Å²) in [6.45, 7) is 1.95. The number of hydrogen-bond donors (Lipinski definition) is 3. The van der Waals surface area contributed by atoms with Crippen LogP contribution in [-0.4, -0.2) is 20.2 Å². The molecule has 0 spiro atoms. The Bertz CT molecular complexity index is 994. The molecule has 3 rings (SSSR count). The van der Waals surface area contributed by atoms with Crippen molar-refractivity contribution in [2.75, 3.05) is 4.72 Å². The number of anilines is 1. The van der Waals surface area contributed by atoms with E-state index in [9.17, 15) is 18.0 Å². The van der Waals surface area contributed by atoms with Crippen molar-refractivity contribution in [1.29, 1.82) is 0 Å². The molecule has 1 saturated carbocycles. The highest BCUT2D eigenvalue weighted by Crippen LogP contribution is 2.37. The molecule has 27 heavy (non-hydrogen) atoms. The van der Waals surface area contributed by atoms with Gasteiger partial charge >= 0.3 is 0 Å². The molecule has 2 amide bonds. The van der Waals surface area contributed by atoms with Crippen LogP contribution in [0.25, 0.3) is 0 Å². The lowest BCUT2D eigenvalue weighted by atomic mass is 10.2. The average Bonchev–Trinajstić information content (AvgIpc) is 3.36. The van der Waals surface area contributed by atoms with E-state index in [-0.39, 0.29) is 22.3 Å². The molecule has 0 bridgehead atoms. The Hall–Kier alpha value is -2.58. The van der Waals surface area contributed by atoms with Crippen molar-refractivity contribution in [3.05, 3.63) is 59.1 Å². The van der Waals surface area contributed by atoms with Gasteiger partial charge in [0.25, 0.3) is 15.9 Å². The minimum absolute atomic E-state index is 0.0843. The van der Waals surface area contributed by atoms with Crippen molar-refractivity contribution in [2.24, 2.45) is 11.8 Å². The summed E-state index contributed by atoms with van der Waals surface area (Å²) in [7, 11) is -3.90. The zero-order chi connectivity index (χ0) is 19.6. The number of halogens is 1. The fraction of sp³-hybridized carbons (Fsp3) is 0.222. The monoisotopic (exact) mass is 407 g/mol. The molecule has 1 aliphatic rings. The van der Waals surface area contributed by atoms with E-state index in [1.165, 1.54) is 30.3 Å². The van der Waals surface area contributed by atoms with Crippen LogP contribution in [-0.2, 0) is 14.8 Å². The molecule has 9 heteroatoms. The van der Waals surface area contributed by atoms with Crippen molar-refractivity contribution in [3.63, 3.8) is 0 Å². The normalized spacial score (nSPS) is 18.4. The zero-order valence-corrected chi connectivity index (χ0v) is 16.0. The lowest BCUT2D eigenvalue weighted by Gasteiger charge is -2.10. The SMILES string of the molecule is C[C@@H]1C[C@@H]1C(=O)NNC(=O)c1cccc(S(=O)(=O)Nc2cccc(Cl)c2)c1. The summed E-state index contributed by atoms with van der Waals surface area (Å²) in [6.07, 6.45) is 0.796. The lowest BCUT2D eigenvalue weighted by molar-refractivity contribution is -0.123. The Morgan fingerprint density at radius 1 is 1.07 bits per heavy atom. The highest BCUT2D eigenvalue weighted by atomic mass is 35.5. The number of carbonyl (C=O) groups is 2. The van der Waals surface area contributed by atoms with E-state index in [2.05, 4.69) is 15.6 Å². The third-order valence-electron chi connectivity index (χ3n) is 4.23. The third kappa shape index (κ3) is 4.78. The van der Waals surface area contributed by atoms with Gasteiger partial charge in [-0.05, 0) is 48.7 Å². The van der Waals surface area contributed by atoms with E-state index < -0.39 is 15.9 Å². The molecular weight excluding hydrogens is 390 g/mol. The summed E-state index contributed by atoms with van der Waals surface area (Å²) < 4.78 is 27.5. The minimum atomic E-state index is -3.90. The molecule has 0 radical (unpaired) electrons. The molecule has 3 N–H and O–H groups in total. The number of nitrogens with one attached hydrogen (secondary N) is 3. The highest BCUT2D eigenvalue weighted by Gasteiger charge is 2.39. The smallest absolute Gasteiger partial charge is 0.269 e. The first kappa shape index (κ1) is 19.2. The van der Waals surface area contributed by atoms with Gasteiger partial charge in [0.2, 0.25) is 5.91 Å². The summed E-state index contributed by atoms with van der Waals surface area (Å²) in [4.78, 5) is 23.9. The van der Waals surface area contributed by atoms with Gasteiger partial charge in [-0.25, -0.2) is 8.42 Å². The number of sulfonamides is 1. The van der Waals surface area contributed by atoms with Crippen molar-refractivity contribution in [1.82, 2.24) is 10.9 Å². The van der Waals surface area contributed by atoms with Gasteiger partial charge in [-0.2, -0.15) is 0 Å². The number of hydrazine groups is 1. The topological polar surface area (TPSA) is 104 Å². The van der Waals surface area contributed by atoms with Gasteiger partial charge in [-0.1, -0.05) is 30.7 Å². The van der Waals surface area contributed by atoms with E-state index in [0.717, 1.165) is 6.42 Å². The Balaban J connectivity index is 1.70. The lowest BCUT2D eigenvalue weighted by Crippen LogP contribution is -2.42. The Morgan fingerprint density at radius 2 is 1.78 bits per heavy atom. The van der Waals surface area contributed by atoms with Crippen LogP contribution in [0.3, 0.4) is 0 Å². The van der Waals surface area contributed by atoms with Gasteiger partial charge in [-0.3, -0.25) is 25.2 Å². The summed E-state index contributed by atoms with van der Waals surface area (Å²) in [5.74, 6) is -0.620. The summed E-state index contributed by atoms with van der Waals surface area (Å²) in [6, 6.07) is 11.8. The number of rotatable bonds is 5. The first-order valence-corrected chi connectivity index (χ1v) is 10.1. The van der Waals surface area contributed by atoms with E-state index in [0.29, 0.717) is 16.6 Å². The zero-order valence-electron chi connectivity index (χ0n) is 14.4. The first-order valence-electron chi connectivity index (χ1n) is 8.25.